The van der Waals surface area contributed by atoms with E-state index >= 15 is 0 Å². The molecule has 0 aliphatic carbocycles. The lowest BCUT2D eigenvalue weighted by atomic mass is 10.1. The number of hydrogen-bond donors (Lipinski definition) is 1. The molecule has 1 N–H and O–H groups in total. The Morgan fingerprint density at radius 3 is 3.15 bits per heavy atom. The molecule has 3 rings (SSSR count). The third kappa shape index (κ3) is 2.78. The van der Waals surface area contributed by atoms with Crippen molar-refractivity contribution in [1.29, 1.82) is 0 Å². The number of amides is 1. The van der Waals surface area contributed by atoms with Crippen LogP contribution in [0.2, 0.25) is 0 Å². The normalized spacial score (nSPS) is 16.6. The summed E-state index contributed by atoms with van der Waals surface area (Å²) in [5, 5.41) is 11.2. The van der Waals surface area contributed by atoms with Crippen molar-refractivity contribution in [3.8, 4) is 5.75 Å². The highest BCUT2D eigenvalue weighted by molar-refractivity contribution is 8.01. The van der Waals surface area contributed by atoms with Crippen LogP contribution in [0.3, 0.4) is 0 Å². The largest absolute Gasteiger partial charge is 0.480 e. The van der Waals surface area contributed by atoms with Crippen molar-refractivity contribution in [2.45, 2.75) is 23.8 Å². The van der Waals surface area contributed by atoms with Crippen molar-refractivity contribution >= 4 is 34.1 Å². The predicted octanol–water partition coefficient (Wildman–Crippen LogP) is 2.59. The fourth-order valence-corrected chi connectivity index (χ4v) is 3.61. The van der Waals surface area contributed by atoms with Crippen LogP contribution in [0.25, 0.3) is 0 Å². The number of nitrogens with one attached hydrogen (secondary N) is 1. The average molecular weight is 307 g/mol. The molecule has 1 amide bonds. The lowest BCUT2D eigenvalue weighted by Crippen LogP contribution is -2.31. The van der Waals surface area contributed by atoms with E-state index in [-0.39, 0.29) is 5.91 Å². The van der Waals surface area contributed by atoms with Gasteiger partial charge >= 0.3 is 0 Å². The van der Waals surface area contributed by atoms with Crippen LogP contribution in [0, 0.1) is 0 Å². The number of ether oxygens (including phenoxy) is 1. The molecule has 1 aliphatic heterocycles. The highest BCUT2D eigenvalue weighted by Crippen LogP contribution is 2.29. The molecule has 2 heterocycles. The van der Waals surface area contributed by atoms with Gasteiger partial charge in [0.25, 0.3) is 5.91 Å². The molecule has 7 heteroatoms. The quantitative estimate of drug-likeness (QED) is 0.695. The number of thioether (sulfide) groups is 1. The van der Waals surface area contributed by atoms with Crippen molar-refractivity contribution < 1.29 is 9.53 Å². The molecule has 0 saturated carbocycles. The molecule has 5 nitrogen and oxygen atoms in total. The summed E-state index contributed by atoms with van der Waals surface area (Å²) >= 11 is 2.99. The standard InChI is InChI=1S/C13H13N3O2S2/c1-2-19-13-16-15-12(20-13)14-11(17)10-7-8-5-3-4-6-9(8)18-10/h3-6,10H,2,7H2,1H3,(H,14,15,17). The van der Waals surface area contributed by atoms with Crippen molar-refractivity contribution in [1.82, 2.24) is 10.2 Å². The highest BCUT2D eigenvalue weighted by atomic mass is 32.2. The van der Waals surface area contributed by atoms with Crippen LogP contribution >= 0.6 is 23.1 Å². The molecule has 0 fully saturated rings. The topological polar surface area (TPSA) is 64.1 Å². The number of benzene rings is 1. The fourth-order valence-electron chi connectivity index (χ4n) is 1.96. The second-order valence-electron chi connectivity index (χ2n) is 4.21. The molecule has 0 saturated heterocycles. The van der Waals surface area contributed by atoms with Gasteiger partial charge in [-0.1, -0.05) is 48.2 Å². The maximum Gasteiger partial charge on any atom is 0.267 e. The van der Waals surface area contributed by atoms with E-state index in [1.54, 1.807) is 11.8 Å². The molecule has 2 aromatic rings. The summed E-state index contributed by atoms with van der Waals surface area (Å²) in [6.45, 7) is 2.05. The number of aromatic nitrogens is 2. The van der Waals surface area contributed by atoms with Crippen molar-refractivity contribution in [3.05, 3.63) is 29.8 Å². The van der Waals surface area contributed by atoms with Gasteiger partial charge in [-0.15, -0.1) is 10.2 Å². The first-order valence-corrected chi connectivity index (χ1v) is 8.08. The summed E-state index contributed by atoms with van der Waals surface area (Å²) in [6, 6.07) is 7.70. The van der Waals surface area contributed by atoms with E-state index < -0.39 is 6.10 Å². The van der Waals surface area contributed by atoms with E-state index in [0.717, 1.165) is 21.4 Å². The van der Waals surface area contributed by atoms with Crippen LogP contribution in [-0.2, 0) is 11.2 Å². The molecule has 104 valence electrons. The van der Waals surface area contributed by atoms with E-state index in [2.05, 4.69) is 15.5 Å². The summed E-state index contributed by atoms with van der Waals surface area (Å²) in [7, 11) is 0. The minimum Gasteiger partial charge on any atom is -0.480 e. The monoisotopic (exact) mass is 307 g/mol. The Labute approximate surface area is 124 Å². The molecule has 0 radical (unpaired) electrons. The number of para-hydroxylation sites is 1. The Balaban J connectivity index is 1.63. The zero-order chi connectivity index (χ0) is 13.9. The average Bonchev–Trinajstić information content (AvgIpc) is 3.05. The predicted molar refractivity (Wildman–Crippen MR) is 79.5 cm³/mol. The fraction of sp³-hybridized carbons (Fsp3) is 0.308. The number of nitrogens with zero attached hydrogens (tertiary/aromatic N) is 2. The molecule has 1 aromatic heterocycles. The van der Waals surface area contributed by atoms with Gasteiger partial charge in [-0.3, -0.25) is 10.1 Å². The van der Waals surface area contributed by atoms with Gasteiger partial charge in [0.15, 0.2) is 10.4 Å². The van der Waals surface area contributed by atoms with Crippen LogP contribution in [0.15, 0.2) is 28.6 Å². The van der Waals surface area contributed by atoms with Crippen LogP contribution in [0.1, 0.15) is 12.5 Å². The summed E-state index contributed by atoms with van der Waals surface area (Å²) in [6.07, 6.45) is 0.107. The first kappa shape index (κ1) is 13.4. The second kappa shape index (κ2) is 5.80. The lowest BCUT2D eigenvalue weighted by molar-refractivity contribution is -0.122. The summed E-state index contributed by atoms with van der Waals surface area (Å²) in [4.78, 5) is 12.1. The van der Waals surface area contributed by atoms with E-state index in [1.807, 2.05) is 31.2 Å². The van der Waals surface area contributed by atoms with Crippen LogP contribution < -0.4 is 10.1 Å². The molecule has 1 atom stereocenters. The number of rotatable bonds is 4. The SMILES string of the molecule is CCSc1nnc(NC(=O)C2Cc3ccccc3O2)s1. The van der Waals surface area contributed by atoms with Crippen molar-refractivity contribution in [3.63, 3.8) is 0 Å². The van der Waals surface area contributed by atoms with Gasteiger partial charge in [0.1, 0.15) is 5.75 Å². The lowest BCUT2D eigenvalue weighted by Gasteiger charge is -2.08. The van der Waals surface area contributed by atoms with Gasteiger partial charge in [-0.25, -0.2) is 0 Å². The van der Waals surface area contributed by atoms with Gasteiger partial charge in [-0.05, 0) is 17.4 Å². The number of anilines is 1. The highest BCUT2D eigenvalue weighted by Gasteiger charge is 2.29. The first-order chi connectivity index (χ1) is 9.76. The van der Waals surface area contributed by atoms with E-state index in [4.69, 9.17) is 4.74 Å². The number of carbonyl (C=O) groups is 1. The summed E-state index contributed by atoms with van der Waals surface area (Å²) in [5.41, 5.74) is 1.06. The maximum absolute atomic E-state index is 12.1. The molecule has 1 aliphatic rings. The van der Waals surface area contributed by atoms with Crippen LogP contribution in [0.4, 0.5) is 5.13 Å². The molecular weight excluding hydrogens is 294 g/mol. The Hall–Kier alpha value is -1.60. The third-order valence-corrected chi connectivity index (χ3v) is 4.70. The maximum atomic E-state index is 12.1. The number of carbonyl (C=O) groups excluding carboxylic acids is 1. The molecule has 1 unspecified atom stereocenters. The summed E-state index contributed by atoms with van der Waals surface area (Å²) < 4.78 is 6.49. The zero-order valence-corrected chi connectivity index (χ0v) is 12.5. The van der Waals surface area contributed by atoms with Gasteiger partial charge in [0.2, 0.25) is 5.13 Å². The van der Waals surface area contributed by atoms with Gasteiger partial charge in [0.05, 0.1) is 0 Å². The molecule has 20 heavy (non-hydrogen) atoms. The third-order valence-electron chi connectivity index (χ3n) is 2.84. The van der Waals surface area contributed by atoms with Gasteiger partial charge < -0.3 is 4.74 Å². The number of fused-ring (bicyclic) bond motifs is 1. The van der Waals surface area contributed by atoms with E-state index in [9.17, 15) is 4.79 Å². The number of hydrogen-bond acceptors (Lipinski definition) is 6. The molecule has 1 aromatic carbocycles. The Morgan fingerprint density at radius 2 is 2.35 bits per heavy atom. The Morgan fingerprint density at radius 1 is 1.50 bits per heavy atom. The van der Waals surface area contributed by atoms with Gasteiger partial charge in [0, 0.05) is 6.42 Å². The van der Waals surface area contributed by atoms with Crippen molar-refractivity contribution in [2.75, 3.05) is 11.1 Å². The first-order valence-electron chi connectivity index (χ1n) is 6.28. The van der Waals surface area contributed by atoms with Gasteiger partial charge in [-0.2, -0.15) is 0 Å². The smallest absolute Gasteiger partial charge is 0.267 e. The zero-order valence-electron chi connectivity index (χ0n) is 10.8. The molecular formula is C13H13N3O2S2. The molecule has 0 bridgehead atoms. The summed E-state index contributed by atoms with van der Waals surface area (Å²) in [5.74, 6) is 1.54. The van der Waals surface area contributed by atoms with E-state index in [0.29, 0.717) is 11.6 Å². The van der Waals surface area contributed by atoms with E-state index in [1.165, 1.54) is 11.3 Å². The minimum absolute atomic E-state index is 0.176. The second-order valence-corrected chi connectivity index (χ2v) is 6.70. The van der Waals surface area contributed by atoms with Crippen LogP contribution in [-0.4, -0.2) is 28.0 Å². The minimum atomic E-state index is -0.487. The van der Waals surface area contributed by atoms with Crippen LogP contribution in [0.5, 0.6) is 5.75 Å². The molecule has 0 spiro atoms. The Bertz CT molecular complexity index is 605. The Kier molecular flexibility index (Phi) is 3.88. The van der Waals surface area contributed by atoms with Crippen molar-refractivity contribution in [2.24, 2.45) is 0 Å².